The predicted molar refractivity (Wildman–Crippen MR) is 109 cm³/mol. The van der Waals surface area contributed by atoms with Crippen molar-refractivity contribution in [2.24, 2.45) is 5.73 Å². The number of ether oxygens (including phenoxy) is 2. The first-order valence-corrected chi connectivity index (χ1v) is 8.98. The summed E-state index contributed by atoms with van der Waals surface area (Å²) < 4.78 is 10.6. The zero-order valence-electron chi connectivity index (χ0n) is 15.0. The largest absolute Gasteiger partial charge is 0.490 e. The molecular weight excluding hydrogens is 380 g/mol. The quantitative estimate of drug-likeness (QED) is 0.397. The van der Waals surface area contributed by atoms with Gasteiger partial charge in [-0.05, 0) is 36.4 Å². The van der Waals surface area contributed by atoms with Crippen LogP contribution in [-0.2, 0) is 11.3 Å². The fourth-order valence-corrected chi connectivity index (χ4v) is 2.87. The lowest BCUT2D eigenvalue weighted by Gasteiger charge is -2.12. The van der Waals surface area contributed by atoms with Crippen LogP contribution in [0.25, 0.3) is 10.9 Å². The van der Waals surface area contributed by atoms with Crippen LogP contribution in [0.15, 0.2) is 47.3 Å². The third-order valence-electron chi connectivity index (χ3n) is 4.07. The Bertz CT molecular complexity index is 1080. The van der Waals surface area contributed by atoms with Gasteiger partial charge in [-0.15, -0.1) is 0 Å². The molecule has 2 aromatic carbocycles. The van der Waals surface area contributed by atoms with Gasteiger partial charge in [0.25, 0.3) is 5.56 Å². The molecule has 28 heavy (non-hydrogen) atoms. The van der Waals surface area contributed by atoms with Crippen LogP contribution in [0.5, 0.6) is 5.75 Å². The van der Waals surface area contributed by atoms with Gasteiger partial charge in [0.1, 0.15) is 18.4 Å². The molecule has 0 unspecified atom stereocenters. The van der Waals surface area contributed by atoms with Crippen molar-refractivity contribution < 1.29 is 9.47 Å². The van der Waals surface area contributed by atoms with E-state index in [0.29, 0.717) is 35.1 Å². The Kier molecular flexibility index (Phi) is 6.50. The molecule has 1 heterocycles. The molecule has 0 atom stereocenters. The zero-order valence-corrected chi connectivity index (χ0v) is 15.8. The fraction of sp³-hybridized carbons (Fsp3) is 0.200. The van der Waals surface area contributed by atoms with Crippen molar-refractivity contribution in [1.29, 1.82) is 5.26 Å². The van der Waals surface area contributed by atoms with Gasteiger partial charge in [0.15, 0.2) is 0 Å². The molecule has 7 nitrogen and oxygen atoms in total. The molecule has 0 amide bonds. The Hall–Kier alpha value is -3.05. The van der Waals surface area contributed by atoms with Gasteiger partial charge in [0.05, 0.1) is 18.9 Å². The molecule has 0 spiro atoms. The lowest BCUT2D eigenvalue weighted by atomic mass is 10.1. The molecule has 4 N–H and O–H groups in total. The molecule has 3 rings (SSSR count). The first-order chi connectivity index (χ1) is 13.6. The molecule has 1 aromatic heterocycles. The molecule has 0 saturated carbocycles. The highest BCUT2D eigenvalue weighted by atomic mass is 35.5. The van der Waals surface area contributed by atoms with Crippen LogP contribution in [0.1, 0.15) is 11.1 Å². The van der Waals surface area contributed by atoms with Crippen LogP contribution in [-0.4, -0.2) is 24.9 Å². The number of H-pyrrole nitrogens is 1. The minimum Gasteiger partial charge on any atom is -0.490 e. The summed E-state index contributed by atoms with van der Waals surface area (Å²) in [6.07, 6.45) is 0. The van der Waals surface area contributed by atoms with E-state index in [9.17, 15) is 10.1 Å². The van der Waals surface area contributed by atoms with E-state index in [1.165, 1.54) is 0 Å². The van der Waals surface area contributed by atoms with Crippen molar-refractivity contribution >= 4 is 28.2 Å². The maximum absolute atomic E-state index is 12.3. The maximum Gasteiger partial charge on any atom is 0.253 e. The number of fused-ring (bicyclic) bond motifs is 1. The van der Waals surface area contributed by atoms with E-state index in [0.717, 1.165) is 16.6 Å². The molecule has 0 saturated heterocycles. The first-order valence-electron chi connectivity index (χ1n) is 8.61. The number of benzene rings is 2. The number of pyridine rings is 1. The Balaban J connectivity index is 1.75. The highest BCUT2D eigenvalue weighted by molar-refractivity contribution is 6.31. The summed E-state index contributed by atoms with van der Waals surface area (Å²) in [5.74, 6) is 0.437. The van der Waals surface area contributed by atoms with Crippen molar-refractivity contribution in [1.82, 2.24) is 4.98 Å². The van der Waals surface area contributed by atoms with Gasteiger partial charge in [0, 0.05) is 39.8 Å². The molecule has 3 aromatic rings. The number of rotatable bonds is 8. The fourth-order valence-electron chi connectivity index (χ4n) is 2.69. The predicted octanol–water partition coefficient (Wildman–Crippen LogP) is 2.98. The second-order valence-electron chi connectivity index (χ2n) is 5.95. The summed E-state index contributed by atoms with van der Waals surface area (Å²) in [5, 5.41) is 13.9. The number of nitrogens with one attached hydrogen (secondary N) is 2. The SMILES string of the molecule is N#Cc1ccc(NCc2cc3cc(Cl)ccc3[nH]c2=O)cc1OCCOCN. The lowest BCUT2D eigenvalue weighted by molar-refractivity contribution is 0.105. The smallest absolute Gasteiger partial charge is 0.253 e. The molecule has 0 fully saturated rings. The molecule has 0 radical (unpaired) electrons. The number of halogens is 1. The van der Waals surface area contributed by atoms with Crippen LogP contribution in [0.4, 0.5) is 5.69 Å². The van der Waals surface area contributed by atoms with Gasteiger partial charge in [-0.1, -0.05) is 11.6 Å². The zero-order chi connectivity index (χ0) is 19.9. The van der Waals surface area contributed by atoms with E-state index in [2.05, 4.69) is 16.4 Å². The van der Waals surface area contributed by atoms with Gasteiger partial charge >= 0.3 is 0 Å². The monoisotopic (exact) mass is 398 g/mol. The Morgan fingerprint density at radius 1 is 1.18 bits per heavy atom. The van der Waals surface area contributed by atoms with Crippen LogP contribution in [0.2, 0.25) is 5.02 Å². The summed E-state index contributed by atoms with van der Waals surface area (Å²) in [6, 6.07) is 14.3. The number of hydrogen-bond acceptors (Lipinski definition) is 6. The van der Waals surface area contributed by atoms with E-state index in [4.69, 9.17) is 26.8 Å². The number of nitrogens with two attached hydrogens (primary N) is 1. The summed E-state index contributed by atoms with van der Waals surface area (Å²) in [5.41, 5.74) is 7.52. The number of hydrogen-bond donors (Lipinski definition) is 3. The minimum atomic E-state index is -0.175. The molecule has 144 valence electrons. The standard InChI is InChI=1S/C20H19ClN4O3/c21-16-2-4-18-14(8-16)7-15(20(26)25-18)11-24-17-3-1-13(10-22)19(9-17)28-6-5-27-12-23/h1-4,7-9,24H,5-6,11-12,23H2,(H,25,26). The Labute approximate surface area is 166 Å². The van der Waals surface area contributed by atoms with Crippen molar-refractivity contribution in [2.45, 2.75) is 6.54 Å². The van der Waals surface area contributed by atoms with Gasteiger partial charge in [0.2, 0.25) is 0 Å². The van der Waals surface area contributed by atoms with E-state index in [-0.39, 0.29) is 18.9 Å². The van der Waals surface area contributed by atoms with Crippen LogP contribution < -0.4 is 21.3 Å². The van der Waals surface area contributed by atoms with Gasteiger partial charge in [-0.25, -0.2) is 0 Å². The lowest BCUT2D eigenvalue weighted by Crippen LogP contribution is -2.15. The summed E-state index contributed by atoms with van der Waals surface area (Å²) in [6.45, 7) is 1.02. The number of aromatic amines is 1. The second kappa shape index (κ2) is 9.24. The summed E-state index contributed by atoms with van der Waals surface area (Å²) >= 11 is 6.03. The molecule has 0 aliphatic carbocycles. The van der Waals surface area contributed by atoms with Crippen molar-refractivity contribution in [3.8, 4) is 11.8 Å². The van der Waals surface area contributed by atoms with E-state index < -0.39 is 0 Å². The van der Waals surface area contributed by atoms with Crippen molar-refractivity contribution in [3.63, 3.8) is 0 Å². The third kappa shape index (κ3) is 4.81. The minimum absolute atomic E-state index is 0.113. The average Bonchev–Trinajstić information content (AvgIpc) is 2.70. The highest BCUT2D eigenvalue weighted by Gasteiger charge is 2.07. The molecule has 0 bridgehead atoms. The van der Waals surface area contributed by atoms with Crippen LogP contribution in [0.3, 0.4) is 0 Å². The molecule has 0 aliphatic rings. The van der Waals surface area contributed by atoms with E-state index in [1.54, 1.807) is 42.5 Å². The number of anilines is 1. The highest BCUT2D eigenvalue weighted by Crippen LogP contribution is 2.23. The van der Waals surface area contributed by atoms with E-state index in [1.807, 2.05) is 0 Å². The van der Waals surface area contributed by atoms with Gasteiger partial charge < -0.3 is 25.5 Å². The second-order valence-corrected chi connectivity index (χ2v) is 6.39. The normalized spacial score (nSPS) is 10.6. The van der Waals surface area contributed by atoms with Crippen molar-refractivity contribution in [3.05, 3.63) is 69.0 Å². The number of nitrogens with zero attached hydrogens (tertiary/aromatic N) is 1. The summed E-state index contributed by atoms with van der Waals surface area (Å²) in [4.78, 5) is 15.1. The molecule has 0 aliphatic heterocycles. The van der Waals surface area contributed by atoms with Crippen molar-refractivity contribution in [2.75, 3.05) is 25.3 Å². The maximum atomic E-state index is 12.3. The molecular formula is C20H19ClN4O3. The number of aromatic nitrogens is 1. The first kappa shape index (κ1) is 19.7. The number of nitriles is 1. The Morgan fingerprint density at radius 2 is 2.04 bits per heavy atom. The van der Waals surface area contributed by atoms with Crippen LogP contribution >= 0.6 is 11.6 Å². The Morgan fingerprint density at radius 3 is 2.82 bits per heavy atom. The summed E-state index contributed by atoms with van der Waals surface area (Å²) in [7, 11) is 0. The van der Waals surface area contributed by atoms with Gasteiger partial charge in [-0.3, -0.25) is 4.79 Å². The van der Waals surface area contributed by atoms with Gasteiger partial charge in [-0.2, -0.15) is 5.26 Å². The average molecular weight is 399 g/mol. The topological polar surface area (TPSA) is 113 Å². The third-order valence-corrected chi connectivity index (χ3v) is 4.31. The van der Waals surface area contributed by atoms with E-state index >= 15 is 0 Å². The van der Waals surface area contributed by atoms with Crippen LogP contribution in [0, 0.1) is 11.3 Å². The molecule has 8 heteroatoms.